The molecule has 1 amide bonds. The van der Waals surface area contributed by atoms with Crippen LogP contribution in [0.4, 0.5) is 10.1 Å². The standard InChI is InChI=1S/C31H29ClFN3O3S/c1-19-29(40-21-7-5-6-20(16-21)30(38)39)22-10-11-24(32)27(33)28(22)35(19)17-26(37)36(2)14-12-31(13-15-36)18-34-25-9-4-3-8-23(25)31/h3-11,16,34H,12-15,17-18H2,1-2H3/p+1. The number of carbonyl (C=O) groups is 2. The third kappa shape index (κ3) is 4.39. The number of halogens is 2. The van der Waals surface area contributed by atoms with Gasteiger partial charge in [-0.3, -0.25) is 4.48 Å². The molecule has 0 unspecified atom stereocenters. The maximum atomic E-state index is 15.5. The predicted molar refractivity (Wildman–Crippen MR) is 156 cm³/mol. The number of hydrogen-bond acceptors (Lipinski definition) is 4. The number of likely N-dealkylation sites (N-methyl/N-ethyl adjacent to an activating group) is 1. The quantitative estimate of drug-likeness (QED) is 0.257. The molecule has 0 radical (unpaired) electrons. The Balaban J connectivity index is 1.31. The number of likely N-dealkylation sites (tertiary alicyclic amines) is 1. The normalized spacial score (nSPS) is 21.9. The highest BCUT2D eigenvalue weighted by molar-refractivity contribution is 7.99. The number of rotatable bonds is 5. The Bertz CT molecular complexity index is 1680. The Hall–Kier alpha value is -3.33. The van der Waals surface area contributed by atoms with Crippen molar-refractivity contribution in [3.8, 4) is 0 Å². The molecular formula is C31H30ClFN3O3S+. The first-order chi connectivity index (χ1) is 19.1. The SMILES string of the molecule is Cc1c(Sc2cccc(C(=O)O)c2)c2ccc(Cl)c(F)c2n1CC(=O)[N+]1(C)CCC2(CC1)CNc1ccccc12. The van der Waals surface area contributed by atoms with E-state index in [0.29, 0.717) is 24.0 Å². The van der Waals surface area contributed by atoms with Crippen LogP contribution in [-0.4, -0.2) is 52.7 Å². The van der Waals surface area contributed by atoms with Crippen LogP contribution in [0.15, 0.2) is 70.5 Å². The van der Waals surface area contributed by atoms with Crippen LogP contribution in [0.2, 0.25) is 5.02 Å². The molecule has 206 valence electrons. The lowest BCUT2D eigenvalue weighted by Gasteiger charge is -2.43. The molecule has 1 fully saturated rings. The number of nitrogens with one attached hydrogen (secondary N) is 1. The fraction of sp³-hybridized carbons (Fsp3) is 0.290. The van der Waals surface area contributed by atoms with E-state index < -0.39 is 11.8 Å². The fourth-order valence-corrected chi connectivity index (χ4v) is 7.48. The first kappa shape index (κ1) is 26.9. The summed E-state index contributed by atoms with van der Waals surface area (Å²) in [5.41, 5.74) is 3.78. The molecule has 0 saturated carbocycles. The fourth-order valence-electron chi connectivity index (χ4n) is 6.23. The maximum Gasteiger partial charge on any atom is 0.335 e. The number of nitrogens with zero attached hydrogens (tertiary/aromatic N) is 2. The van der Waals surface area contributed by atoms with Crippen LogP contribution < -0.4 is 5.32 Å². The van der Waals surface area contributed by atoms with Crippen LogP contribution in [0.25, 0.3) is 10.9 Å². The van der Waals surface area contributed by atoms with E-state index in [0.717, 1.165) is 34.9 Å². The van der Waals surface area contributed by atoms with Crippen LogP contribution in [-0.2, 0) is 16.8 Å². The number of carboxylic acid groups (broad SMARTS) is 1. The van der Waals surface area contributed by atoms with Crippen molar-refractivity contribution >= 4 is 51.8 Å². The Morgan fingerprint density at radius 2 is 1.88 bits per heavy atom. The molecule has 40 heavy (non-hydrogen) atoms. The predicted octanol–water partition coefficient (Wildman–Crippen LogP) is 6.72. The second-order valence-corrected chi connectivity index (χ2v) is 12.6. The lowest BCUT2D eigenvalue weighted by Crippen LogP contribution is -2.58. The third-order valence-corrected chi connectivity index (χ3v) is 10.3. The van der Waals surface area contributed by atoms with Gasteiger partial charge in [-0.15, -0.1) is 0 Å². The first-order valence-electron chi connectivity index (χ1n) is 13.3. The highest BCUT2D eigenvalue weighted by atomic mass is 35.5. The van der Waals surface area contributed by atoms with E-state index in [1.807, 2.05) is 26.1 Å². The molecule has 2 N–H and O–H groups in total. The van der Waals surface area contributed by atoms with Crippen molar-refractivity contribution in [1.82, 2.24) is 4.57 Å². The number of amides is 1. The second kappa shape index (κ2) is 9.94. The number of aromatic carboxylic acids is 1. The number of carbonyl (C=O) groups excluding carboxylic acids is 1. The van der Waals surface area contributed by atoms with Gasteiger partial charge in [-0.1, -0.05) is 47.6 Å². The van der Waals surface area contributed by atoms with Gasteiger partial charge in [0.2, 0.25) is 0 Å². The highest BCUT2D eigenvalue weighted by Gasteiger charge is 2.48. The number of anilines is 1. The number of piperidine rings is 1. The second-order valence-electron chi connectivity index (χ2n) is 11.1. The van der Waals surface area contributed by atoms with E-state index in [1.165, 1.54) is 35.1 Å². The minimum absolute atomic E-state index is 0.00386. The van der Waals surface area contributed by atoms with Gasteiger partial charge in [0.1, 0.15) is 6.54 Å². The van der Waals surface area contributed by atoms with Gasteiger partial charge in [0.15, 0.2) is 5.82 Å². The monoisotopic (exact) mass is 578 g/mol. The number of aromatic nitrogens is 1. The van der Waals surface area contributed by atoms with Crippen molar-refractivity contribution < 1.29 is 23.6 Å². The van der Waals surface area contributed by atoms with E-state index in [-0.39, 0.29) is 32.9 Å². The molecular weight excluding hydrogens is 549 g/mol. The van der Waals surface area contributed by atoms with Gasteiger partial charge in [0, 0.05) is 51.4 Å². The largest absolute Gasteiger partial charge is 0.478 e. The molecule has 0 aliphatic carbocycles. The third-order valence-electron chi connectivity index (χ3n) is 8.80. The number of carboxylic acids is 1. The topological polar surface area (TPSA) is 71.3 Å². The van der Waals surface area contributed by atoms with E-state index in [1.54, 1.807) is 22.8 Å². The van der Waals surface area contributed by atoms with Crippen LogP contribution in [0.5, 0.6) is 0 Å². The van der Waals surface area contributed by atoms with Crippen LogP contribution in [0, 0.1) is 12.7 Å². The molecule has 9 heteroatoms. The van der Waals surface area contributed by atoms with Crippen molar-refractivity contribution in [3.05, 3.63) is 88.3 Å². The van der Waals surface area contributed by atoms with Crippen molar-refractivity contribution in [2.75, 3.05) is 32.0 Å². The zero-order chi connectivity index (χ0) is 28.2. The summed E-state index contributed by atoms with van der Waals surface area (Å²) in [7, 11) is 1.99. The van der Waals surface area contributed by atoms with Gasteiger partial charge in [0.25, 0.3) is 0 Å². The van der Waals surface area contributed by atoms with Crippen LogP contribution in [0.3, 0.4) is 0 Å². The summed E-state index contributed by atoms with van der Waals surface area (Å²) >= 11 is 7.57. The van der Waals surface area contributed by atoms with Crippen molar-refractivity contribution in [2.24, 2.45) is 0 Å². The summed E-state index contributed by atoms with van der Waals surface area (Å²) in [6, 6.07) is 18.4. The average Bonchev–Trinajstić information content (AvgIpc) is 3.44. The van der Waals surface area contributed by atoms with Crippen molar-refractivity contribution in [1.29, 1.82) is 0 Å². The Morgan fingerprint density at radius 1 is 1.12 bits per heavy atom. The molecule has 4 aromatic rings. The summed E-state index contributed by atoms with van der Waals surface area (Å²) in [6.45, 7) is 4.19. The summed E-state index contributed by atoms with van der Waals surface area (Å²) in [6.07, 6.45) is 1.79. The first-order valence-corrected chi connectivity index (χ1v) is 14.5. The van der Waals surface area contributed by atoms with E-state index in [2.05, 4.69) is 23.5 Å². The Labute approximate surface area is 241 Å². The minimum atomic E-state index is -1.01. The number of hydrogen-bond donors (Lipinski definition) is 2. The maximum absolute atomic E-state index is 15.5. The lowest BCUT2D eigenvalue weighted by atomic mass is 9.73. The smallest absolute Gasteiger partial charge is 0.335 e. The molecule has 1 spiro atoms. The number of fused-ring (bicyclic) bond motifs is 3. The molecule has 1 saturated heterocycles. The van der Waals surface area contributed by atoms with Gasteiger partial charge >= 0.3 is 11.9 Å². The summed E-state index contributed by atoms with van der Waals surface area (Å²) in [5.74, 6) is -1.55. The number of quaternary nitrogens is 1. The molecule has 3 aromatic carbocycles. The van der Waals surface area contributed by atoms with Crippen molar-refractivity contribution in [2.45, 2.75) is 41.5 Å². The molecule has 2 aliphatic rings. The Morgan fingerprint density at radius 3 is 2.62 bits per heavy atom. The molecule has 0 bridgehead atoms. The average molecular weight is 579 g/mol. The molecule has 3 heterocycles. The molecule has 2 aliphatic heterocycles. The van der Waals surface area contributed by atoms with E-state index in [9.17, 15) is 14.7 Å². The summed E-state index contributed by atoms with van der Waals surface area (Å²) in [5, 5.41) is 13.6. The minimum Gasteiger partial charge on any atom is -0.478 e. The van der Waals surface area contributed by atoms with Gasteiger partial charge in [-0.05, 0) is 48.9 Å². The highest BCUT2D eigenvalue weighted by Crippen LogP contribution is 2.45. The van der Waals surface area contributed by atoms with Gasteiger partial charge in [-0.25, -0.2) is 14.0 Å². The number of benzene rings is 3. The lowest BCUT2D eigenvalue weighted by molar-refractivity contribution is -0.842. The summed E-state index contributed by atoms with van der Waals surface area (Å²) < 4.78 is 17.6. The summed E-state index contributed by atoms with van der Waals surface area (Å²) in [4.78, 5) is 26.9. The molecule has 0 atom stereocenters. The van der Waals surface area contributed by atoms with Gasteiger partial charge in [-0.2, -0.15) is 0 Å². The Kier molecular flexibility index (Phi) is 6.68. The zero-order valence-electron chi connectivity index (χ0n) is 22.3. The van der Waals surface area contributed by atoms with E-state index >= 15 is 4.39 Å². The molecule has 6 rings (SSSR count). The number of para-hydroxylation sites is 1. The molecule has 6 nitrogen and oxygen atoms in total. The van der Waals surface area contributed by atoms with Gasteiger partial charge < -0.3 is 15.0 Å². The van der Waals surface area contributed by atoms with Crippen LogP contribution in [0.1, 0.15) is 34.5 Å². The van der Waals surface area contributed by atoms with Gasteiger partial charge in [0.05, 0.1) is 36.2 Å². The van der Waals surface area contributed by atoms with Crippen molar-refractivity contribution in [3.63, 3.8) is 0 Å². The van der Waals surface area contributed by atoms with E-state index in [4.69, 9.17) is 11.6 Å². The molecule has 1 aromatic heterocycles. The zero-order valence-corrected chi connectivity index (χ0v) is 23.9. The van der Waals surface area contributed by atoms with Crippen LogP contribution >= 0.6 is 23.4 Å².